The van der Waals surface area contributed by atoms with Crippen LogP contribution in [-0.4, -0.2) is 71.9 Å². The Bertz CT molecular complexity index is 713. The van der Waals surface area contributed by atoms with E-state index in [1.165, 1.54) is 0 Å². The van der Waals surface area contributed by atoms with Crippen molar-refractivity contribution in [3.05, 3.63) is 29.3 Å². The summed E-state index contributed by atoms with van der Waals surface area (Å²) < 4.78 is 5.39. The Morgan fingerprint density at radius 3 is 3.08 bits per heavy atom. The average Bonchev–Trinajstić information content (AvgIpc) is 3.42. The smallest absolute Gasteiger partial charge is 0.232 e. The molecule has 1 atom stereocenters. The molecule has 1 unspecified atom stereocenters. The van der Waals surface area contributed by atoms with Crippen molar-refractivity contribution in [3.63, 3.8) is 0 Å². The summed E-state index contributed by atoms with van der Waals surface area (Å²) in [7, 11) is 0. The zero-order valence-corrected chi connectivity index (χ0v) is 16.4. The van der Waals surface area contributed by atoms with Crippen LogP contribution in [0.1, 0.15) is 12.1 Å². The van der Waals surface area contributed by atoms with Gasteiger partial charge in [-0.25, -0.2) is 0 Å². The van der Waals surface area contributed by atoms with Crippen molar-refractivity contribution in [2.45, 2.75) is 18.2 Å². The van der Waals surface area contributed by atoms with Gasteiger partial charge in [0.25, 0.3) is 0 Å². The summed E-state index contributed by atoms with van der Waals surface area (Å²) in [6, 6.07) is 6.53. The third-order valence-electron chi connectivity index (χ3n) is 4.98. The molecule has 2 aromatic heterocycles. The number of nitrogens with one attached hydrogen (secondary N) is 1. The molecule has 2 fully saturated rings. The SMILES string of the molecule is O=C(CSCc1cc(-c2cccs2)on1)N1CCC(N2CCNCC2)C1. The van der Waals surface area contributed by atoms with Crippen LogP contribution in [0, 0.1) is 0 Å². The van der Waals surface area contributed by atoms with Crippen molar-refractivity contribution in [2.75, 3.05) is 45.0 Å². The standard InChI is InChI=1S/C18H24N4O2S2/c23-18(22-6-3-15(11-22)21-7-4-19-5-8-21)13-25-12-14-10-16(24-20-14)17-2-1-9-26-17/h1-2,9-10,15,19H,3-8,11-13H2. The highest BCUT2D eigenvalue weighted by Crippen LogP contribution is 2.26. The van der Waals surface area contributed by atoms with E-state index in [0.29, 0.717) is 17.5 Å². The molecule has 1 N–H and O–H groups in total. The number of carbonyl (C=O) groups excluding carboxylic acids is 1. The Labute approximate surface area is 161 Å². The van der Waals surface area contributed by atoms with Gasteiger partial charge in [0.2, 0.25) is 5.91 Å². The molecule has 2 aliphatic heterocycles. The summed E-state index contributed by atoms with van der Waals surface area (Å²) in [5.41, 5.74) is 0.895. The molecule has 26 heavy (non-hydrogen) atoms. The molecule has 2 aliphatic rings. The maximum Gasteiger partial charge on any atom is 0.232 e. The van der Waals surface area contributed by atoms with Crippen LogP contribution in [0.15, 0.2) is 28.1 Å². The highest BCUT2D eigenvalue weighted by atomic mass is 32.2. The van der Waals surface area contributed by atoms with Crippen LogP contribution in [0.25, 0.3) is 10.6 Å². The van der Waals surface area contributed by atoms with Crippen LogP contribution < -0.4 is 5.32 Å². The van der Waals surface area contributed by atoms with E-state index in [4.69, 9.17) is 4.52 Å². The molecule has 0 aromatic carbocycles. The lowest BCUT2D eigenvalue weighted by Gasteiger charge is -2.32. The number of hydrogen-bond donors (Lipinski definition) is 1. The average molecular weight is 393 g/mol. The second kappa shape index (κ2) is 8.56. The van der Waals surface area contributed by atoms with E-state index < -0.39 is 0 Å². The minimum absolute atomic E-state index is 0.245. The number of amides is 1. The number of thiophene rings is 1. The van der Waals surface area contributed by atoms with Crippen LogP contribution in [-0.2, 0) is 10.5 Å². The first-order valence-electron chi connectivity index (χ1n) is 9.09. The van der Waals surface area contributed by atoms with Crippen molar-refractivity contribution in [2.24, 2.45) is 0 Å². The quantitative estimate of drug-likeness (QED) is 0.813. The number of carbonyl (C=O) groups is 1. The predicted octanol–water partition coefficient (Wildman–Crippen LogP) is 2.14. The molecule has 0 aliphatic carbocycles. The second-order valence-corrected chi connectivity index (χ2v) is 8.65. The minimum atomic E-state index is 0.245. The Kier molecular flexibility index (Phi) is 5.94. The number of rotatable bonds is 6. The maximum absolute atomic E-state index is 12.5. The van der Waals surface area contributed by atoms with E-state index in [1.807, 2.05) is 28.5 Å². The zero-order chi connectivity index (χ0) is 17.8. The number of nitrogens with zero attached hydrogens (tertiary/aromatic N) is 3. The molecule has 2 saturated heterocycles. The second-order valence-electron chi connectivity index (χ2n) is 6.72. The molecule has 2 aromatic rings. The molecule has 0 bridgehead atoms. The van der Waals surface area contributed by atoms with E-state index >= 15 is 0 Å². The largest absolute Gasteiger partial charge is 0.355 e. The summed E-state index contributed by atoms with van der Waals surface area (Å²) in [5, 5.41) is 9.52. The van der Waals surface area contributed by atoms with Gasteiger partial charge in [0, 0.05) is 57.1 Å². The van der Waals surface area contributed by atoms with Crippen LogP contribution in [0.3, 0.4) is 0 Å². The summed E-state index contributed by atoms with van der Waals surface area (Å²) in [5.74, 6) is 2.26. The molecule has 4 heterocycles. The predicted molar refractivity (Wildman–Crippen MR) is 105 cm³/mol. The Balaban J connectivity index is 1.21. The van der Waals surface area contributed by atoms with Gasteiger partial charge >= 0.3 is 0 Å². The van der Waals surface area contributed by atoms with Gasteiger partial charge in [-0.05, 0) is 17.9 Å². The first kappa shape index (κ1) is 18.0. The van der Waals surface area contributed by atoms with E-state index in [0.717, 1.165) is 62.0 Å². The monoisotopic (exact) mass is 392 g/mol. The van der Waals surface area contributed by atoms with Crippen molar-refractivity contribution in [1.82, 2.24) is 20.3 Å². The number of thioether (sulfide) groups is 1. The lowest BCUT2D eigenvalue weighted by Crippen LogP contribution is -2.49. The fourth-order valence-electron chi connectivity index (χ4n) is 3.56. The van der Waals surface area contributed by atoms with Gasteiger partial charge in [-0.3, -0.25) is 9.69 Å². The van der Waals surface area contributed by atoms with Crippen molar-refractivity contribution in [1.29, 1.82) is 0 Å². The van der Waals surface area contributed by atoms with E-state index in [-0.39, 0.29) is 5.91 Å². The van der Waals surface area contributed by atoms with Crippen molar-refractivity contribution < 1.29 is 9.32 Å². The lowest BCUT2D eigenvalue weighted by atomic mass is 10.2. The Morgan fingerprint density at radius 1 is 1.38 bits per heavy atom. The molecule has 1 amide bonds. The van der Waals surface area contributed by atoms with E-state index in [1.54, 1.807) is 23.1 Å². The zero-order valence-electron chi connectivity index (χ0n) is 14.7. The number of piperazine rings is 1. The van der Waals surface area contributed by atoms with Gasteiger partial charge in [0.1, 0.15) is 0 Å². The summed E-state index contributed by atoms with van der Waals surface area (Å²) in [6.45, 7) is 6.09. The normalized spacial score (nSPS) is 21.4. The molecular formula is C18H24N4O2S2. The van der Waals surface area contributed by atoms with Crippen molar-refractivity contribution in [3.8, 4) is 10.6 Å². The Hall–Kier alpha value is -1.35. The van der Waals surface area contributed by atoms with Crippen LogP contribution in [0.2, 0.25) is 0 Å². The van der Waals surface area contributed by atoms with Gasteiger partial charge in [0.15, 0.2) is 5.76 Å². The molecule has 140 valence electrons. The number of hydrogen-bond acceptors (Lipinski definition) is 7. The molecule has 4 rings (SSSR count). The maximum atomic E-state index is 12.5. The van der Waals surface area contributed by atoms with E-state index in [9.17, 15) is 4.79 Å². The van der Waals surface area contributed by atoms with Crippen molar-refractivity contribution >= 4 is 29.0 Å². The van der Waals surface area contributed by atoms with Gasteiger partial charge < -0.3 is 14.7 Å². The van der Waals surface area contributed by atoms with Crippen LogP contribution in [0.4, 0.5) is 0 Å². The van der Waals surface area contributed by atoms with Gasteiger partial charge in [-0.2, -0.15) is 0 Å². The first-order chi connectivity index (χ1) is 12.8. The van der Waals surface area contributed by atoms with E-state index in [2.05, 4.69) is 15.4 Å². The van der Waals surface area contributed by atoms with Gasteiger partial charge in [0.05, 0.1) is 16.3 Å². The fraction of sp³-hybridized carbons (Fsp3) is 0.556. The van der Waals surface area contributed by atoms with Crippen LogP contribution in [0.5, 0.6) is 0 Å². The number of likely N-dealkylation sites (tertiary alicyclic amines) is 1. The molecular weight excluding hydrogens is 368 g/mol. The highest BCUT2D eigenvalue weighted by molar-refractivity contribution is 7.99. The molecule has 0 spiro atoms. The number of aromatic nitrogens is 1. The summed E-state index contributed by atoms with van der Waals surface area (Å²) >= 11 is 3.25. The topological polar surface area (TPSA) is 61.6 Å². The fourth-order valence-corrected chi connectivity index (χ4v) is 5.04. The van der Waals surface area contributed by atoms with Crippen LogP contribution >= 0.6 is 23.1 Å². The van der Waals surface area contributed by atoms with Gasteiger partial charge in [-0.1, -0.05) is 11.2 Å². The third-order valence-corrected chi connectivity index (χ3v) is 6.82. The first-order valence-corrected chi connectivity index (χ1v) is 11.1. The lowest BCUT2D eigenvalue weighted by molar-refractivity contribution is -0.127. The van der Waals surface area contributed by atoms with Gasteiger partial charge in [-0.15, -0.1) is 23.1 Å². The highest BCUT2D eigenvalue weighted by Gasteiger charge is 2.30. The minimum Gasteiger partial charge on any atom is -0.355 e. The third kappa shape index (κ3) is 4.31. The molecule has 6 nitrogen and oxygen atoms in total. The summed E-state index contributed by atoms with van der Waals surface area (Å²) in [4.78, 5) is 18.1. The molecule has 0 saturated carbocycles. The molecule has 8 heteroatoms. The Morgan fingerprint density at radius 2 is 2.27 bits per heavy atom. The summed E-state index contributed by atoms with van der Waals surface area (Å²) in [6.07, 6.45) is 1.10. The molecule has 0 radical (unpaired) electrons.